The van der Waals surface area contributed by atoms with Gasteiger partial charge in [-0.25, -0.2) is 4.79 Å². The molecule has 2 aromatic rings. The van der Waals surface area contributed by atoms with E-state index in [0.29, 0.717) is 0 Å². The molecule has 0 aliphatic carbocycles. The van der Waals surface area contributed by atoms with E-state index in [4.69, 9.17) is 15.2 Å². The molecule has 0 spiro atoms. The minimum Gasteiger partial charge on any atom is -0.466 e. The van der Waals surface area contributed by atoms with Crippen molar-refractivity contribution in [3.63, 3.8) is 0 Å². The highest BCUT2D eigenvalue weighted by Crippen LogP contribution is 2.11. The highest BCUT2D eigenvalue weighted by molar-refractivity contribution is 5.91. The number of ether oxygens (including phenoxy) is 2. The molecular formula is C25H31N3O6. The summed E-state index contributed by atoms with van der Waals surface area (Å²) in [7, 11) is 0. The highest BCUT2D eigenvalue weighted by Gasteiger charge is 2.31. The van der Waals surface area contributed by atoms with Gasteiger partial charge in [-0.15, -0.1) is 0 Å². The fourth-order valence-corrected chi connectivity index (χ4v) is 3.31. The zero-order valence-corrected chi connectivity index (χ0v) is 19.4. The summed E-state index contributed by atoms with van der Waals surface area (Å²) in [6.07, 6.45) is -0.724. The van der Waals surface area contributed by atoms with Crippen LogP contribution in [0.2, 0.25) is 0 Å². The standard InChI is InChI=1S/C25H31N3O6/c1-3-33-21(29)14-17(2)22(23(26)30)28-24(31)20(15-18-10-6-4-7-11-18)27-25(32)34-16-19-12-8-5-9-13-19/h4-13,17,20,22H,3,14-16H2,1-2H3,(H2,26,30)(H,27,32)(H,28,31)/t17-,20-,22+/m0/s1. The summed E-state index contributed by atoms with van der Waals surface area (Å²) in [5, 5.41) is 5.13. The van der Waals surface area contributed by atoms with Crippen LogP contribution in [0.3, 0.4) is 0 Å². The number of amides is 3. The Morgan fingerprint density at radius 3 is 2.03 bits per heavy atom. The summed E-state index contributed by atoms with van der Waals surface area (Å²) in [6, 6.07) is 16.0. The van der Waals surface area contributed by atoms with Crippen molar-refractivity contribution in [1.82, 2.24) is 10.6 Å². The van der Waals surface area contributed by atoms with Crippen LogP contribution in [0.1, 0.15) is 31.4 Å². The SMILES string of the molecule is CCOC(=O)C[C@H](C)[C@@H](NC(=O)[C@H](Cc1ccccc1)NC(=O)OCc1ccccc1)C(N)=O. The second-order valence-corrected chi connectivity index (χ2v) is 7.82. The van der Waals surface area contributed by atoms with Gasteiger partial charge in [-0.2, -0.15) is 0 Å². The first kappa shape index (κ1) is 26.4. The van der Waals surface area contributed by atoms with Gasteiger partial charge in [-0.1, -0.05) is 67.6 Å². The fourth-order valence-electron chi connectivity index (χ4n) is 3.31. The van der Waals surface area contributed by atoms with Crippen LogP contribution < -0.4 is 16.4 Å². The van der Waals surface area contributed by atoms with Crippen molar-refractivity contribution >= 4 is 23.9 Å². The molecule has 0 bridgehead atoms. The maximum Gasteiger partial charge on any atom is 0.408 e. The van der Waals surface area contributed by atoms with Crippen molar-refractivity contribution in [2.45, 2.75) is 45.4 Å². The second-order valence-electron chi connectivity index (χ2n) is 7.82. The molecule has 3 atom stereocenters. The predicted molar refractivity (Wildman–Crippen MR) is 125 cm³/mol. The third-order valence-corrected chi connectivity index (χ3v) is 5.07. The molecule has 2 aromatic carbocycles. The van der Waals surface area contributed by atoms with Crippen molar-refractivity contribution in [3.8, 4) is 0 Å². The molecule has 0 radical (unpaired) electrons. The number of carbonyl (C=O) groups excluding carboxylic acids is 4. The topological polar surface area (TPSA) is 137 Å². The lowest BCUT2D eigenvalue weighted by Crippen LogP contribution is -2.55. The first-order chi connectivity index (χ1) is 16.3. The van der Waals surface area contributed by atoms with Crippen LogP contribution in [0.25, 0.3) is 0 Å². The van der Waals surface area contributed by atoms with E-state index in [9.17, 15) is 19.2 Å². The first-order valence-electron chi connectivity index (χ1n) is 11.1. The number of rotatable bonds is 12. The number of carbonyl (C=O) groups is 4. The summed E-state index contributed by atoms with van der Waals surface area (Å²) in [5.41, 5.74) is 7.07. The molecule has 0 heterocycles. The van der Waals surface area contributed by atoms with Crippen molar-refractivity contribution in [3.05, 3.63) is 71.8 Å². The number of benzene rings is 2. The summed E-state index contributed by atoms with van der Waals surface area (Å²) in [5.74, 6) is -2.53. The highest BCUT2D eigenvalue weighted by atomic mass is 16.5. The number of hydrogen-bond donors (Lipinski definition) is 3. The lowest BCUT2D eigenvalue weighted by Gasteiger charge is -2.25. The summed E-state index contributed by atoms with van der Waals surface area (Å²) in [4.78, 5) is 49.3. The Morgan fingerprint density at radius 2 is 1.47 bits per heavy atom. The van der Waals surface area contributed by atoms with Gasteiger partial charge in [0.05, 0.1) is 13.0 Å². The lowest BCUT2D eigenvalue weighted by atomic mass is 9.96. The van der Waals surface area contributed by atoms with Crippen LogP contribution in [0.5, 0.6) is 0 Å². The molecule has 0 aliphatic heterocycles. The van der Waals surface area contributed by atoms with Crippen molar-refractivity contribution < 1.29 is 28.7 Å². The van der Waals surface area contributed by atoms with Crippen LogP contribution in [0, 0.1) is 5.92 Å². The molecule has 0 fully saturated rings. The number of alkyl carbamates (subject to hydrolysis) is 1. The smallest absolute Gasteiger partial charge is 0.408 e. The Morgan fingerprint density at radius 1 is 0.882 bits per heavy atom. The molecule has 3 amide bonds. The Bertz CT molecular complexity index is 952. The van der Waals surface area contributed by atoms with Gasteiger partial charge >= 0.3 is 12.1 Å². The maximum absolute atomic E-state index is 13.1. The van der Waals surface area contributed by atoms with Crippen LogP contribution in [0.4, 0.5) is 4.79 Å². The largest absolute Gasteiger partial charge is 0.466 e. The van der Waals surface area contributed by atoms with Gasteiger partial charge < -0.3 is 25.8 Å². The summed E-state index contributed by atoms with van der Waals surface area (Å²) in [6.45, 7) is 3.52. The molecule has 0 aliphatic rings. The Balaban J connectivity index is 2.09. The summed E-state index contributed by atoms with van der Waals surface area (Å²) < 4.78 is 10.2. The fraction of sp³-hybridized carbons (Fsp3) is 0.360. The first-order valence-corrected chi connectivity index (χ1v) is 11.1. The monoisotopic (exact) mass is 469 g/mol. The van der Waals surface area contributed by atoms with Crippen LogP contribution in [-0.4, -0.2) is 42.6 Å². The number of esters is 1. The Hall–Kier alpha value is -3.88. The molecule has 0 unspecified atom stereocenters. The van der Waals surface area contributed by atoms with Crippen LogP contribution >= 0.6 is 0 Å². The average molecular weight is 470 g/mol. The molecule has 2 rings (SSSR count). The third-order valence-electron chi connectivity index (χ3n) is 5.07. The minimum absolute atomic E-state index is 0.0346. The van der Waals surface area contributed by atoms with Gasteiger partial charge in [-0.05, 0) is 24.0 Å². The molecule has 9 heteroatoms. The van der Waals surface area contributed by atoms with E-state index in [2.05, 4.69) is 10.6 Å². The minimum atomic E-state index is -1.13. The van der Waals surface area contributed by atoms with Gasteiger partial charge in [0.15, 0.2) is 0 Å². The molecule has 0 saturated heterocycles. The van der Waals surface area contributed by atoms with Crippen molar-refractivity contribution in [2.24, 2.45) is 11.7 Å². The number of nitrogens with one attached hydrogen (secondary N) is 2. The summed E-state index contributed by atoms with van der Waals surface area (Å²) >= 11 is 0. The third kappa shape index (κ3) is 8.93. The molecule has 4 N–H and O–H groups in total. The maximum atomic E-state index is 13.1. The van der Waals surface area contributed by atoms with Crippen molar-refractivity contribution in [2.75, 3.05) is 6.61 Å². The van der Waals surface area contributed by atoms with Gasteiger partial charge in [0.25, 0.3) is 0 Å². The second kappa shape index (κ2) is 13.6. The van der Waals surface area contributed by atoms with Gasteiger partial charge in [0, 0.05) is 6.42 Å². The van der Waals surface area contributed by atoms with E-state index in [1.54, 1.807) is 13.8 Å². The normalized spacial score (nSPS) is 13.1. The Labute approximate surface area is 199 Å². The zero-order chi connectivity index (χ0) is 24.9. The van der Waals surface area contributed by atoms with Crippen molar-refractivity contribution in [1.29, 1.82) is 0 Å². The van der Waals surface area contributed by atoms with Gasteiger partial charge in [0.2, 0.25) is 11.8 Å². The Kier molecular flexibility index (Phi) is 10.6. The molecule has 0 aromatic heterocycles. The van der Waals surface area contributed by atoms with Gasteiger partial charge in [0.1, 0.15) is 18.7 Å². The number of hydrogen-bond acceptors (Lipinski definition) is 6. The molecule has 34 heavy (non-hydrogen) atoms. The van der Waals surface area contributed by atoms with Crippen LogP contribution in [-0.2, 0) is 36.9 Å². The predicted octanol–water partition coefficient (Wildman–Crippen LogP) is 2.08. The molecular weight excluding hydrogens is 438 g/mol. The van der Waals surface area contributed by atoms with E-state index in [-0.39, 0.29) is 26.1 Å². The van der Waals surface area contributed by atoms with E-state index in [0.717, 1.165) is 11.1 Å². The lowest BCUT2D eigenvalue weighted by molar-refractivity contribution is -0.145. The van der Waals surface area contributed by atoms with Gasteiger partial charge in [-0.3, -0.25) is 14.4 Å². The number of nitrogens with two attached hydrogens (primary N) is 1. The average Bonchev–Trinajstić information content (AvgIpc) is 2.81. The number of primary amides is 1. The van der Waals surface area contributed by atoms with E-state index in [1.807, 2.05) is 60.7 Å². The molecule has 0 saturated carbocycles. The quantitative estimate of drug-likeness (QED) is 0.407. The van der Waals surface area contributed by atoms with Crippen LogP contribution in [0.15, 0.2) is 60.7 Å². The molecule has 182 valence electrons. The van der Waals surface area contributed by atoms with E-state index < -0.39 is 41.9 Å². The molecule has 9 nitrogen and oxygen atoms in total. The van der Waals surface area contributed by atoms with E-state index >= 15 is 0 Å². The van der Waals surface area contributed by atoms with E-state index in [1.165, 1.54) is 0 Å². The zero-order valence-electron chi connectivity index (χ0n) is 19.4.